The molecule has 0 radical (unpaired) electrons. The number of benzene rings is 2. The largest absolute Gasteiger partial charge is 0.491 e. The number of hydrogen-bond acceptors (Lipinski definition) is 9. The number of piperidine rings is 1. The molecule has 4 rings (SSSR count). The van der Waals surface area contributed by atoms with Gasteiger partial charge in [0.05, 0.1) is 37.6 Å². The standard InChI is InChI=1S/C26H26ClN3O8/c27-23(32)16-4-6-17(7-5-16)38-15-14-37-13-12-36-11-10-28-19-3-1-2-18-22(19)26(35)30(25(18)34)20-8-9-21(31)29-24(20)33/h1-7,20,28H,8-15H2,(H,29,31,33). The van der Waals surface area contributed by atoms with Gasteiger partial charge in [0, 0.05) is 24.2 Å². The van der Waals surface area contributed by atoms with E-state index in [4.69, 9.17) is 25.8 Å². The van der Waals surface area contributed by atoms with E-state index in [0.29, 0.717) is 56.6 Å². The molecule has 0 spiro atoms. The third kappa shape index (κ3) is 6.36. The number of amides is 4. The van der Waals surface area contributed by atoms with Crippen LogP contribution in [-0.4, -0.2) is 79.4 Å². The number of carbonyl (C=O) groups excluding carboxylic acids is 5. The highest BCUT2D eigenvalue weighted by Crippen LogP contribution is 2.32. The van der Waals surface area contributed by atoms with Crippen LogP contribution in [0.5, 0.6) is 5.75 Å². The van der Waals surface area contributed by atoms with Crippen molar-refractivity contribution in [3.05, 3.63) is 59.2 Å². The Kier molecular flexibility index (Phi) is 9.06. The van der Waals surface area contributed by atoms with Gasteiger partial charge in [0.2, 0.25) is 11.8 Å². The first-order chi connectivity index (χ1) is 18.4. The van der Waals surface area contributed by atoms with Crippen LogP contribution in [-0.2, 0) is 19.1 Å². The van der Waals surface area contributed by atoms with Crippen molar-refractivity contribution in [1.82, 2.24) is 10.2 Å². The number of nitrogens with one attached hydrogen (secondary N) is 2. The van der Waals surface area contributed by atoms with Crippen molar-refractivity contribution < 1.29 is 38.2 Å². The molecule has 1 unspecified atom stereocenters. The molecular formula is C26H26ClN3O8. The van der Waals surface area contributed by atoms with E-state index in [-0.39, 0.29) is 24.0 Å². The Hall–Kier alpha value is -3.80. The zero-order valence-corrected chi connectivity index (χ0v) is 21.1. The Balaban J connectivity index is 1.15. The average molecular weight is 544 g/mol. The zero-order chi connectivity index (χ0) is 27.1. The normalized spacial score (nSPS) is 16.9. The van der Waals surface area contributed by atoms with Gasteiger partial charge in [0.25, 0.3) is 17.1 Å². The summed E-state index contributed by atoms with van der Waals surface area (Å²) in [4.78, 5) is 61.6. The maximum Gasteiger partial charge on any atom is 0.264 e. The Morgan fingerprint density at radius 1 is 0.947 bits per heavy atom. The molecule has 0 aromatic heterocycles. The molecular weight excluding hydrogens is 518 g/mol. The molecule has 1 atom stereocenters. The number of fused-ring (bicyclic) bond motifs is 1. The van der Waals surface area contributed by atoms with Gasteiger partial charge in [-0.2, -0.15) is 0 Å². The number of carbonyl (C=O) groups is 5. The van der Waals surface area contributed by atoms with Crippen molar-refractivity contribution in [3.8, 4) is 5.75 Å². The van der Waals surface area contributed by atoms with Crippen LogP contribution >= 0.6 is 11.6 Å². The van der Waals surface area contributed by atoms with E-state index in [1.807, 2.05) is 0 Å². The quantitative estimate of drug-likeness (QED) is 0.220. The number of nitrogens with zero attached hydrogens (tertiary/aromatic N) is 1. The van der Waals surface area contributed by atoms with E-state index in [2.05, 4.69) is 10.6 Å². The number of ether oxygens (including phenoxy) is 3. The number of anilines is 1. The Bertz CT molecular complexity index is 1230. The second-order valence-electron chi connectivity index (χ2n) is 8.47. The lowest BCUT2D eigenvalue weighted by Crippen LogP contribution is -2.54. The Morgan fingerprint density at radius 3 is 2.37 bits per heavy atom. The summed E-state index contributed by atoms with van der Waals surface area (Å²) in [6, 6.07) is 10.3. The fourth-order valence-corrected chi connectivity index (χ4v) is 4.27. The molecule has 0 aliphatic carbocycles. The lowest BCUT2D eigenvalue weighted by Gasteiger charge is -2.27. The van der Waals surface area contributed by atoms with Crippen molar-refractivity contribution >= 4 is 46.2 Å². The number of halogens is 1. The van der Waals surface area contributed by atoms with Gasteiger partial charge in [-0.05, 0) is 54.4 Å². The van der Waals surface area contributed by atoms with Crippen LogP contribution in [0.1, 0.15) is 43.9 Å². The maximum absolute atomic E-state index is 13.1. The lowest BCUT2D eigenvalue weighted by molar-refractivity contribution is -0.136. The highest BCUT2D eigenvalue weighted by atomic mass is 35.5. The predicted octanol–water partition coefficient (Wildman–Crippen LogP) is 1.99. The predicted molar refractivity (Wildman–Crippen MR) is 135 cm³/mol. The molecule has 2 heterocycles. The Labute approximate surface area is 223 Å². The summed E-state index contributed by atoms with van der Waals surface area (Å²) >= 11 is 5.40. The molecule has 1 fully saturated rings. The zero-order valence-electron chi connectivity index (χ0n) is 20.4. The molecule has 12 heteroatoms. The summed E-state index contributed by atoms with van der Waals surface area (Å²) in [5, 5.41) is 4.77. The average Bonchev–Trinajstić information content (AvgIpc) is 3.15. The van der Waals surface area contributed by atoms with E-state index in [1.54, 1.807) is 42.5 Å². The topological polar surface area (TPSA) is 140 Å². The van der Waals surface area contributed by atoms with Crippen LogP contribution < -0.4 is 15.4 Å². The maximum atomic E-state index is 13.1. The molecule has 2 N–H and O–H groups in total. The highest BCUT2D eigenvalue weighted by Gasteiger charge is 2.45. The SMILES string of the molecule is O=C1CCC(N2C(=O)c3cccc(NCCOCCOCCOc4ccc(C(=O)Cl)cc4)c3C2=O)C(=O)N1. The first-order valence-electron chi connectivity index (χ1n) is 12.0. The van der Waals surface area contributed by atoms with E-state index < -0.39 is 34.9 Å². The van der Waals surface area contributed by atoms with Crippen LogP contribution in [0, 0.1) is 0 Å². The molecule has 2 aromatic carbocycles. The first-order valence-corrected chi connectivity index (χ1v) is 12.4. The molecule has 1 saturated heterocycles. The molecule has 4 amide bonds. The van der Waals surface area contributed by atoms with Gasteiger partial charge < -0.3 is 19.5 Å². The van der Waals surface area contributed by atoms with Crippen LogP contribution in [0.3, 0.4) is 0 Å². The van der Waals surface area contributed by atoms with E-state index in [9.17, 15) is 24.0 Å². The monoisotopic (exact) mass is 543 g/mol. The fourth-order valence-electron chi connectivity index (χ4n) is 4.14. The molecule has 2 aliphatic rings. The number of imide groups is 2. The van der Waals surface area contributed by atoms with Gasteiger partial charge in [0.15, 0.2) is 0 Å². The Morgan fingerprint density at radius 2 is 1.66 bits per heavy atom. The summed E-state index contributed by atoms with van der Waals surface area (Å²) in [7, 11) is 0. The minimum Gasteiger partial charge on any atom is -0.491 e. The molecule has 2 aliphatic heterocycles. The fraction of sp³-hybridized carbons (Fsp3) is 0.346. The van der Waals surface area contributed by atoms with Crippen LogP contribution in [0.2, 0.25) is 0 Å². The molecule has 200 valence electrons. The highest BCUT2D eigenvalue weighted by molar-refractivity contribution is 6.67. The van der Waals surface area contributed by atoms with Gasteiger partial charge in [-0.15, -0.1) is 0 Å². The summed E-state index contributed by atoms with van der Waals surface area (Å²) in [6.07, 6.45) is 0.166. The summed E-state index contributed by atoms with van der Waals surface area (Å²) in [6.45, 7) is 2.10. The third-order valence-electron chi connectivity index (χ3n) is 5.98. The van der Waals surface area contributed by atoms with E-state index >= 15 is 0 Å². The smallest absolute Gasteiger partial charge is 0.264 e. The summed E-state index contributed by atoms with van der Waals surface area (Å²) < 4.78 is 16.5. The van der Waals surface area contributed by atoms with E-state index in [1.165, 1.54) is 0 Å². The van der Waals surface area contributed by atoms with Crippen LogP contribution in [0.15, 0.2) is 42.5 Å². The van der Waals surface area contributed by atoms with Gasteiger partial charge in [-0.1, -0.05) is 6.07 Å². The molecule has 2 aromatic rings. The van der Waals surface area contributed by atoms with Crippen molar-refractivity contribution in [3.63, 3.8) is 0 Å². The van der Waals surface area contributed by atoms with Crippen molar-refractivity contribution in [2.45, 2.75) is 18.9 Å². The van der Waals surface area contributed by atoms with Gasteiger partial charge >= 0.3 is 0 Å². The lowest BCUT2D eigenvalue weighted by atomic mass is 10.0. The summed E-state index contributed by atoms with van der Waals surface area (Å²) in [5.74, 6) is -1.58. The minimum atomic E-state index is -1.01. The van der Waals surface area contributed by atoms with Crippen molar-refractivity contribution in [2.24, 2.45) is 0 Å². The van der Waals surface area contributed by atoms with Gasteiger partial charge in [0.1, 0.15) is 18.4 Å². The molecule has 38 heavy (non-hydrogen) atoms. The third-order valence-corrected chi connectivity index (χ3v) is 6.20. The number of hydrogen-bond donors (Lipinski definition) is 2. The van der Waals surface area contributed by atoms with Crippen molar-refractivity contribution in [2.75, 3.05) is 44.9 Å². The molecule has 11 nitrogen and oxygen atoms in total. The van der Waals surface area contributed by atoms with Crippen LogP contribution in [0.4, 0.5) is 5.69 Å². The minimum absolute atomic E-state index is 0.0645. The molecule has 0 saturated carbocycles. The summed E-state index contributed by atoms with van der Waals surface area (Å²) in [5.41, 5.74) is 1.28. The van der Waals surface area contributed by atoms with E-state index in [0.717, 1.165) is 4.90 Å². The second kappa shape index (κ2) is 12.6. The number of rotatable bonds is 13. The van der Waals surface area contributed by atoms with Gasteiger partial charge in [-0.3, -0.25) is 34.2 Å². The van der Waals surface area contributed by atoms with Gasteiger partial charge in [-0.25, -0.2) is 0 Å². The second-order valence-corrected chi connectivity index (χ2v) is 8.82. The van der Waals surface area contributed by atoms with Crippen molar-refractivity contribution in [1.29, 1.82) is 0 Å². The first kappa shape index (κ1) is 27.2. The van der Waals surface area contributed by atoms with Crippen LogP contribution in [0.25, 0.3) is 0 Å². The molecule has 0 bridgehead atoms.